The van der Waals surface area contributed by atoms with Crippen molar-refractivity contribution in [1.82, 2.24) is 4.98 Å². The summed E-state index contributed by atoms with van der Waals surface area (Å²) in [5, 5.41) is 0. The van der Waals surface area contributed by atoms with Gasteiger partial charge >= 0.3 is 0 Å². The quantitative estimate of drug-likeness (QED) is 0.818. The molecule has 1 aliphatic heterocycles. The van der Waals surface area contributed by atoms with E-state index in [0.29, 0.717) is 18.9 Å². The van der Waals surface area contributed by atoms with E-state index < -0.39 is 0 Å². The molecule has 0 atom stereocenters. The van der Waals surface area contributed by atoms with E-state index in [1.165, 1.54) is 0 Å². The van der Waals surface area contributed by atoms with Crippen LogP contribution in [0.25, 0.3) is 0 Å². The Bertz CT molecular complexity index is 413. The van der Waals surface area contributed by atoms with Crippen LogP contribution in [0.3, 0.4) is 0 Å². The number of hydrogen-bond donors (Lipinski definition) is 2. The minimum atomic E-state index is -0.197. The zero-order chi connectivity index (χ0) is 13.0. The van der Waals surface area contributed by atoms with Crippen molar-refractivity contribution < 1.29 is 4.79 Å². The summed E-state index contributed by atoms with van der Waals surface area (Å²) < 4.78 is 0. The first kappa shape index (κ1) is 12.8. The maximum absolute atomic E-state index is 10.9. The second kappa shape index (κ2) is 5.82. The van der Waals surface area contributed by atoms with Crippen LogP contribution in [0.15, 0.2) is 18.3 Å². The highest BCUT2D eigenvalue weighted by molar-refractivity contribution is 5.74. The van der Waals surface area contributed by atoms with Gasteiger partial charge in [0.05, 0.1) is 0 Å². The number of primary amides is 1. The molecule has 0 aromatic carbocycles. The van der Waals surface area contributed by atoms with E-state index in [1.807, 2.05) is 12.1 Å². The van der Waals surface area contributed by atoms with E-state index in [2.05, 4.69) is 9.88 Å². The molecule has 2 rings (SSSR count). The smallest absolute Gasteiger partial charge is 0.217 e. The Hall–Kier alpha value is -1.62. The highest BCUT2D eigenvalue weighted by atomic mass is 16.1. The Labute approximate surface area is 107 Å². The van der Waals surface area contributed by atoms with Crippen LogP contribution >= 0.6 is 0 Å². The molecule has 0 aliphatic carbocycles. The Balaban J connectivity index is 1.94. The summed E-state index contributed by atoms with van der Waals surface area (Å²) in [6.45, 7) is 2.39. The largest absolute Gasteiger partial charge is 0.370 e. The van der Waals surface area contributed by atoms with Gasteiger partial charge in [-0.3, -0.25) is 4.79 Å². The average molecular weight is 248 g/mol. The molecule has 0 unspecified atom stereocenters. The molecule has 1 saturated heterocycles. The van der Waals surface area contributed by atoms with Gasteiger partial charge in [0.2, 0.25) is 5.91 Å². The van der Waals surface area contributed by atoms with E-state index in [4.69, 9.17) is 11.5 Å². The minimum Gasteiger partial charge on any atom is -0.370 e. The number of pyridine rings is 1. The van der Waals surface area contributed by atoms with Crippen molar-refractivity contribution in [3.63, 3.8) is 0 Å². The van der Waals surface area contributed by atoms with Crippen molar-refractivity contribution in [2.75, 3.05) is 18.0 Å². The van der Waals surface area contributed by atoms with Crippen LogP contribution in [-0.4, -0.2) is 24.0 Å². The second-order valence-electron chi connectivity index (χ2n) is 4.83. The summed E-state index contributed by atoms with van der Waals surface area (Å²) in [5.74, 6) is 1.21. The fourth-order valence-corrected chi connectivity index (χ4v) is 2.41. The van der Waals surface area contributed by atoms with Crippen molar-refractivity contribution in [2.24, 2.45) is 17.4 Å². The maximum atomic E-state index is 10.9. The van der Waals surface area contributed by atoms with Gasteiger partial charge in [0.15, 0.2) is 0 Å². The van der Waals surface area contributed by atoms with E-state index in [-0.39, 0.29) is 5.91 Å². The highest BCUT2D eigenvalue weighted by Crippen LogP contribution is 2.24. The predicted octanol–water partition coefficient (Wildman–Crippen LogP) is 0.632. The normalized spacial score (nSPS) is 16.8. The van der Waals surface area contributed by atoms with Crippen LogP contribution < -0.4 is 16.4 Å². The standard InChI is InChI=1S/C13H20N4O/c14-9-11-1-4-16-13(8-11)17-5-2-10(3-6-17)7-12(15)18/h1,4,8,10H,2-3,5-7,9,14H2,(H2,15,18). The van der Waals surface area contributed by atoms with Crippen LogP contribution in [0.2, 0.25) is 0 Å². The summed E-state index contributed by atoms with van der Waals surface area (Å²) in [5.41, 5.74) is 12.0. The van der Waals surface area contributed by atoms with Crippen molar-refractivity contribution in [1.29, 1.82) is 0 Å². The molecule has 5 heteroatoms. The number of amides is 1. The van der Waals surface area contributed by atoms with Gasteiger partial charge in [-0.2, -0.15) is 0 Å². The van der Waals surface area contributed by atoms with E-state index in [0.717, 1.165) is 37.3 Å². The molecular weight excluding hydrogens is 228 g/mol. The average Bonchev–Trinajstić information content (AvgIpc) is 2.39. The molecule has 0 radical (unpaired) electrons. The lowest BCUT2D eigenvalue weighted by atomic mass is 9.93. The number of carbonyl (C=O) groups is 1. The van der Waals surface area contributed by atoms with E-state index >= 15 is 0 Å². The molecular formula is C13H20N4O. The van der Waals surface area contributed by atoms with Crippen LogP contribution in [0, 0.1) is 5.92 Å². The number of anilines is 1. The second-order valence-corrected chi connectivity index (χ2v) is 4.83. The zero-order valence-electron chi connectivity index (χ0n) is 10.5. The summed E-state index contributed by atoms with van der Waals surface area (Å²) in [6.07, 6.45) is 4.30. The van der Waals surface area contributed by atoms with Gasteiger partial charge in [0, 0.05) is 32.3 Å². The fourth-order valence-electron chi connectivity index (χ4n) is 2.41. The molecule has 1 aliphatic rings. The Kier molecular flexibility index (Phi) is 4.15. The molecule has 18 heavy (non-hydrogen) atoms. The topological polar surface area (TPSA) is 85.2 Å². The molecule has 1 aromatic heterocycles. The Morgan fingerprint density at radius 2 is 2.17 bits per heavy atom. The first-order chi connectivity index (χ1) is 8.69. The third-order valence-electron chi connectivity index (χ3n) is 3.47. The fraction of sp³-hybridized carbons (Fsp3) is 0.538. The first-order valence-electron chi connectivity index (χ1n) is 6.37. The van der Waals surface area contributed by atoms with Crippen LogP contribution in [0.5, 0.6) is 0 Å². The van der Waals surface area contributed by atoms with Gasteiger partial charge in [-0.05, 0) is 36.5 Å². The number of nitrogens with zero attached hydrogens (tertiary/aromatic N) is 2. The van der Waals surface area contributed by atoms with Crippen molar-refractivity contribution >= 4 is 11.7 Å². The van der Waals surface area contributed by atoms with Crippen LogP contribution in [0.1, 0.15) is 24.8 Å². The van der Waals surface area contributed by atoms with Gasteiger partial charge in [0.25, 0.3) is 0 Å². The van der Waals surface area contributed by atoms with Gasteiger partial charge in [-0.15, -0.1) is 0 Å². The lowest BCUT2D eigenvalue weighted by Crippen LogP contribution is -2.35. The van der Waals surface area contributed by atoms with Crippen molar-refractivity contribution in [3.05, 3.63) is 23.9 Å². The number of piperidine rings is 1. The lowest BCUT2D eigenvalue weighted by Gasteiger charge is -2.32. The molecule has 4 N–H and O–H groups in total. The van der Waals surface area contributed by atoms with E-state index in [9.17, 15) is 4.79 Å². The summed E-state index contributed by atoms with van der Waals surface area (Å²) in [7, 11) is 0. The molecule has 1 aromatic rings. The third kappa shape index (κ3) is 3.20. The highest BCUT2D eigenvalue weighted by Gasteiger charge is 2.21. The lowest BCUT2D eigenvalue weighted by molar-refractivity contribution is -0.119. The minimum absolute atomic E-state index is 0.197. The molecule has 0 bridgehead atoms. The van der Waals surface area contributed by atoms with Crippen molar-refractivity contribution in [3.8, 4) is 0 Å². The summed E-state index contributed by atoms with van der Waals surface area (Å²) >= 11 is 0. The van der Waals surface area contributed by atoms with Crippen LogP contribution in [0.4, 0.5) is 5.82 Å². The van der Waals surface area contributed by atoms with Crippen LogP contribution in [-0.2, 0) is 11.3 Å². The third-order valence-corrected chi connectivity index (χ3v) is 3.47. The molecule has 0 saturated carbocycles. The Morgan fingerprint density at radius 1 is 1.44 bits per heavy atom. The van der Waals surface area contributed by atoms with E-state index in [1.54, 1.807) is 6.20 Å². The predicted molar refractivity (Wildman–Crippen MR) is 70.9 cm³/mol. The summed E-state index contributed by atoms with van der Waals surface area (Å²) in [4.78, 5) is 17.5. The zero-order valence-corrected chi connectivity index (χ0v) is 10.5. The SMILES string of the molecule is NCc1ccnc(N2CCC(CC(N)=O)CC2)c1. The number of nitrogens with two attached hydrogens (primary N) is 2. The molecule has 1 amide bonds. The number of hydrogen-bond acceptors (Lipinski definition) is 4. The Morgan fingerprint density at radius 3 is 2.78 bits per heavy atom. The number of rotatable bonds is 4. The molecule has 2 heterocycles. The number of aromatic nitrogens is 1. The first-order valence-corrected chi connectivity index (χ1v) is 6.37. The monoisotopic (exact) mass is 248 g/mol. The summed E-state index contributed by atoms with van der Waals surface area (Å²) in [6, 6.07) is 3.97. The number of carbonyl (C=O) groups excluding carboxylic acids is 1. The van der Waals surface area contributed by atoms with Gasteiger partial charge in [0.1, 0.15) is 5.82 Å². The molecule has 1 fully saturated rings. The molecule has 5 nitrogen and oxygen atoms in total. The van der Waals surface area contributed by atoms with Crippen molar-refractivity contribution in [2.45, 2.75) is 25.8 Å². The molecule has 0 spiro atoms. The van der Waals surface area contributed by atoms with Gasteiger partial charge < -0.3 is 16.4 Å². The molecule has 98 valence electrons. The van der Waals surface area contributed by atoms with Gasteiger partial charge in [-0.25, -0.2) is 4.98 Å². The maximum Gasteiger partial charge on any atom is 0.217 e. The van der Waals surface area contributed by atoms with Gasteiger partial charge in [-0.1, -0.05) is 0 Å².